The van der Waals surface area contributed by atoms with E-state index in [-0.39, 0.29) is 41.9 Å². The van der Waals surface area contributed by atoms with Crippen molar-refractivity contribution in [2.24, 2.45) is 0 Å². The number of unbranched alkanes of at least 4 members (excludes halogenated alkanes) is 2. The molecule has 0 amide bonds. The number of nitrogens with one attached hydrogen (secondary N) is 1. The summed E-state index contributed by atoms with van der Waals surface area (Å²) in [5.41, 5.74) is 0. The Morgan fingerprint density at radius 2 is 2.00 bits per heavy atom. The molecule has 0 aromatic rings. The number of carboxylic acid groups (broad SMARTS) is 1. The predicted molar refractivity (Wildman–Crippen MR) is 90.1 cm³/mol. The van der Waals surface area contributed by atoms with Crippen LogP contribution in [0.4, 0.5) is 0 Å². The van der Waals surface area contributed by atoms with Gasteiger partial charge in [-0.3, -0.25) is 9.69 Å². The standard InChI is InChI=1S/C17H34N2O4.Na/c1-4-6-8-15(20)12-18-10-11-19(14(3)17(22)23)13-16(21)9-7-5-2;/h8,14,16,18,20-21H,4-7,9-13H2,1-3H3,(H,22,23);/q;+1/p-1/b15-8-;. The molecule has 0 fully saturated rings. The number of carboxylic acids is 1. The summed E-state index contributed by atoms with van der Waals surface area (Å²) in [5, 5.41) is 33.7. The number of carbonyl (C=O) groups is 1. The van der Waals surface area contributed by atoms with Gasteiger partial charge in [0.1, 0.15) is 6.04 Å². The summed E-state index contributed by atoms with van der Waals surface area (Å²) in [7, 11) is 0. The van der Waals surface area contributed by atoms with E-state index in [1.807, 2.05) is 6.92 Å². The van der Waals surface area contributed by atoms with E-state index in [0.717, 1.165) is 25.7 Å². The van der Waals surface area contributed by atoms with E-state index in [1.54, 1.807) is 17.9 Å². The zero-order chi connectivity index (χ0) is 17.7. The average Bonchev–Trinajstić information content (AvgIpc) is 2.52. The second-order valence-corrected chi connectivity index (χ2v) is 5.94. The minimum atomic E-state index is -0.903. The van der Waals surface area contributed by atoms with Crippen molar-refractivity contribution in [1.29, 1.82) is 0 Å². The number of nitrogens with zero attached hydrogens (tertiary/aromatic N) is 1. The molecular weight excluding hydrogens is 319 g/mol. The Hall–Kier alpha value is -0.110. The number of allylic oxidation sites excluding steroid dienone is 1. The Morgan fingerprint density at radius 1 is 1.33 bits per heavy atom. The molecule has 0 aromatic carbocycles. The maximum atomic E-state index is 11.5. The number of hydrogen-bond donors (Lipinski definition) is 3. The van der Waals surface area contributed by atoms with E-state index in [2.05, 4.69) is 12.2 Å². The first-order chi connectivity index (χ1) is 10.9. The predicted octanol–water partition coefficient (Wildman–Crippen LogP) is -2.05. The molecule has 0 heterocycles. The largest absolute Gasteiger partial charge is 1.00 e. The number of aliphatic carboxylic acids is 1. The van der Waals surface area contributed by atoms with Crippen molar-refractivity contribution in [1.82, 2.24) is 10.2 Å². The molecule has 0 spiro atoms. The third-order valence-electron chi connectivity index (χ3n) is 3.78. The van der Waals surface area contributed by atoms with Gasteiger partial charge in [0.15, 0.2) is 0 Å². The summed E-state index contributed by atoms with van der Waals surface area (Å²) in [4.78, 5) is 12.9. The Labute approximate surface area is 168 Å². The van der Waals surface area contributed by atoms with Crippen LogP contribution in [0.15, 0.2) is 11.8 Å². The van der Waals surface area contributed by atoms with Crippen LogP contribution >= 0.6 is 0 Å². The van der Waals surface area contributed by atoms with E-state index < -0.39 is 18.1 Å². The molecule has 0 radical (unpaired) electrons. The molecular formula is C17H33N2NaO4. The second-order valence-electron chi connectivity index (χ2n) is 5.94. The average molecular weight is 352 g/mol. The van der Waals surface area contributed by atoms with E-state index in [1.165, 1.54) is 0 Å². The molecule has 24 heavy (non-hydrogen) atoms. The van der Waals surface area contributed by atoms with E-state index in [0.29, 0.717) is 26.1 Å². The zero-order valence-corrected chi connectivity index (χ0v) is 17.8. The van der Waals surface area contributed by atoms with Crippen LogP contribution in [0, 0.1) is 0 Å². The van der Waals surface area contributed by atoms with Crippen LogP contribution in [0.1, 0.15) is 52.9 Å². The molecule has 0 bridgehead atoms. The number of aliphatic hydroxyl groups excluding tert-OH is 1. The van der Waals surface area contributed by atoms with Crippen molar-refractivity contribution in [2.45, 2.75) is 65.0 Å². The van der Waals surface area contributed by atoms with Crippen LogP contribution in [-0.2, 0) is 4.79 Å². The first-order valence-corrected chi connectivity index (χ1v) is 8.64. The van der Waals surface area contributed by atoms with Gasteiger partial charge in [0.2, 0.25) is 0 Å². The molecule has 136 valence electrons. The van der Waals surface area contributed by atoms with Crippen LogP contribution in [0.3, 0.4) is 0 Å². The van der Waals surface area contributed by atoms with E-state index in [9.17, 15) is 20.1 Å². The fourth-order valence-electron chi connectivity index (χ4n) is 2.21. The van der Waals surface area contributed by atoms with Crippen molar-refractivity contribution in [3.05, 3.63) is 11.8 Å². The number of hydrogen-bond acceptors (Lipinski definition) is 5. The maximum Gasteiger partial charge on any atom is 1.00 e. The first kappa shape index (κ1) is 26.1. The minimum absolute atomic E-state index is 0. The molecule has 7 heteroatoms. The van der Waals surface area contributed by atoms with Crippen LogP contribution in [-0.4, -0.2) is 59.4 Å². The fraction of sp³-hybridized carbons (Fsp3) is 0.824. The zero-order valence-electron chi connectivity index (χ0n) is 15.8. The second kappa shape index (κ2) is 16.4. The third-order valence-corrected chi connectivity index (χ3v) is 3.78. The van der Waals surface area contributed by atoms with Crippen LogP contribution < -0.4 is 40.0 Å². The minimum Gasteiger partial charge on any atom is -0.875 e. The van der Waals surface area contributed by atoms with E-state index >= 15 is 0 Å². The Morgan fingerprint density at radius 3 is 2.54 bits per heavy atom. The molecule has 2 atom stereocenters. The SMILES string of the molecule is CCC/C=C(\[O-])CNCCN(CC(O)CCCC)C(C)C(=O)O.[Na+]. The van der Waals surface area contributed by atoms with Crippen molar-refractivity contribution >= 4 is 5.97 Å². The van der Waals surface area contributed by atoms with Gasteiger partial charge < -0.3 is 20.6 Å². The van der Waals surface area contributed by atoms with Crippen LogP contribution in [0.2, 0.25) is 0 Å². The van der Waals surface area contributed by atoms with Crippen molar-refractivity contribution < 1.29 is 49.7 Å². The summed E-state index contributed by atoms with van der Waals surface area (Å²) in [5.74, 6) is -0.840. The van der Waals surface area contributed by atoms with Gasteiger partial charge in [-0.1, -0.05) is 39.2 Å². The number of rotatable bonds is 14. The van der Waals surface area contributed by atoms with Gasteiger partial charge in [0.05, 0.1) is 6.10 Å². The molecule has 0 aromatic heterocycles. The van der Waals surface area contributed by atoms with Gasteiger partial charge in [-0.15, -0.1) is 5.76 Å². The normalized spacial score (nSPS) is 14.3. The van der Waals surface area contributed by atoms with Crippen molar-refractivity contribution in [2.75, 3.05) is 26.2 Å². The molecule has 2 unspecified atom stereocenters. The topological polar surface area (TPSA) is 95.9 Å². The van der Waals surface area contributed by atoms with Gasteiger partial charge in [0, 0.05) is 26.2 Å². The quantitative estimate of drug-likeness (QED) is 0.189. The molecule has 0 aliphatic heterocycles. The summed E-state index contributed by atoms with van der Waals surface area (Å²) in [6.45, 7) is 7.31. The molecule has 3 N–H and O–H groups in total. The molecule has 0 saturated heterocycles. The molecule has 0 aliphatic carbocycles. The Bertz CT molecular complexity index is 353. The van der Waals surface area contributed by atoms with Crippen molar-refractivity contribution in [3.63, 3.8) is 0 Å². The van der Waals surface area contributed by atoms with E-state index in [4.69, 9.17) is 0 Å². The van der Waals surface area contributed by atoms with Gasteiger partial charge in [0.25, 0.3) is 0 Å². The smallest absolute Gasteiger partial charge is 0.875 e. The molecule has 0 aliphatic rings. The Balaban J connectivity index is 0. The van der Waals surface area contributed by atoms with Gasteiger partial charge in [-0.25, -0.2) is 0 Å². The van der Waals surface area contributed by atoms with Gasteiger partial charge in [-0.05, 0) is 19.8 Å². The monoisotopic (exact) mass is 352 g/mol. The fourth-order valence-corrected chi connectivity index (χ4v) is 2.21. The molecule has 0 rings (SSSR count). The van der Waals surface area contributed by atoms with Crippen molar-refractivity contribution in [3.8, 4) is 0 Å². The van der Waals surface area contributed by atoms with Gasteiger partial charge in [-0.2, -0.15) is 0 Å². The molecule has 0 saturated carbocycles. The van der Waals surface area contributed by atoms with Crippen LogP contribution in [0.5, 0.6) is 0 Å². The van der Waals surface area contributed by atoms with Gasteiger partial charge >= 0.3 is 35.5 Å². The summed E-state index contributed by atoms with van der Waals surface area (Å²) >= 11 is 0. The summed E-state index contributed by atoms with van der Waals surface area (Å²) in [6.07, 6.45) is 5.50. The molecule has 6 nitrogen and oxygen atoms in total. The first-order valence-electron chi connectivity index (χ1n) is 8.64. The third kappa shape index (κ3) is 13.2. The number of aliphatic hydroxyl groups is 1. The Kier molecular flexibility index (Phi) is 17.8. The maximum absolute atomic E-state index is 11.5. The summed E-state index contributed by atoms with van der Waals surface area (Å²) in [6, 6.07) is -0.657. The van der Waals surface area contributed by atoms with Crippen LogP contribution in [0.25, 0.3) is 0 Å². The summed E-state index contributed by atoms with van der Waals surface area (Å²) < 4.78 is 0.